The first-order chi connectivity index (χ1) is 14.4. The summed E-state index contributed by atoms with van der Waals surface area (Å²) >= 11 is 0. The number of nitrogens with zero attached hydrogens (tertiary/aromatic N) is 1. The standard InChI is InChI=1S/C23H24N2O5/c1-14(2)9-10-30-21-18(5-4-6-20(21)29-3)22(26)25-17-8-7-15-11-16(23(27)28)13-24-19(15)12-17/h4-8,11-14H,9-10H2,1-3H3,(H,25,26)(H,27,28). The molecule has 0 atom stereocenters. The van der Waals surface area contributed by atoms with Gasteiger partial charge in [0.1, 0.15) is 0 Å². The average Bonchev–Trinajstić information content (AvgIpc) is 2.72. The van der Waals surface area contributed by atoms with Crippen molar-refractivity contribution in [2.24, 2.45) is 5.92 Å². The van der Waals surface area contributed by atoms with Gasteiger partial charge in [0.15, 0.2) is 11.5 Å². The molecule has 30 heavy (non-hydrogen) atoms. The third kappa shape index (κ3) is 4.86. The highest BCUT2D eigenvalue weighted by Crippen LogP contribution is 2.32. The number of carbonyl (C=O) groups is 2. The number of pyridine rings is 1. The van der Waals surface area contributed by atoms with Gasteiger partial charge in [0.2, 0.25) is 0 Å². The summed E-state index contributed by atoms with van der Waals surface area (Å²) in [6.07, 6.45) is 2.15. The van der Waals surface area contributed by atoms with Crippen LogP contribution in [0.3, 0.4) is 0 Å². The number of benzene rings is 2. The van der Waals surface area contributed by atoms with Crippen molar-refractivity contribution < 1.29 is 24.2 Å². The molecule has 0 aliphatic rings. The maximum Gasteiger partial charge on any atom is 0.337 e. The molecule has 7 nitrogen and oxygen atoms in total. The van der Waals surface area contributed by atoms with Gasteiger partial charge in [-0.25, -0.2) is 4.79 Å². The van der Waals surface area contributed by atoms with E-state index in [9.17, 15) is 9.59 Å². The average molecular weight is 408 g/mol. The van der Waals surface area contributed by atoms with Crippen LogP contribution < -0.4 is 14.8 Å². The van der Waals surface area contributed by atoms with Crippen molar-refractivity contribution in [3.05, 3.63) is 59.8 Å². The monoisotopic (exact) mass is 408 g/mol. The van der Waals surface area contributed by atoms with Crippen molar-refractivity contribution in [1.29, 1.82) is 0 Å². The van der Waals surface area contributed by atoms with Gasteiger partial charge in [0.25, 0.3) is 5.91 Å². The minimum atomic E-state index is -1.04. The number of carboxylic acid groups (broad SMARTS) is 1. The molecule has 0 saturated carbocycles. The van der Waals surface area contributed by atoms with Crippen LogP contribution >= 0.6 is 0 Å². The number of carboxylic acids is 1. The smallest absolute Gasteiger partial charge is 0.337 e. The number of para-hydroxylation sites is 1. The number of aromatic nitrogens is 1. The van der Waals surface area contributed by atoms with Crippen molar-refractivity contribution >= 4 is 28.5 Å². The number of methoxy groups -OCH3 is 1. The number of rotatable bonds is 8. The Balaban J connectivity index is 1.84. The van der Waals surface area contributed by atoms with Crippen molar-refractivity contribution in [3.63, 3.8) is 0 Å². The van der Waals surface area contributed by atoms with E-state index in [2.05, 4.69) is 24.1 Å². The Hall–Kier alpha value is -3.61. The Morgan fingerprint density at radius 1 is 1.17 bits per heavy atom. The fraction of sp³-hybridized carbons (Fsp3) is 0.261. The Bertz CT molecular complexity index is 1080. The summed E-state index contributed by atoms with van der Waals surface area (Å²) in [5, 5.41) is 12.6. The molecular formula is C23H24N2O5. The van der Waals surface area contributed by atoms with Gasteiger partial charge >= 0.3 is 5.97 Å². The number of aromatic carboxylic acids is 1. The SMILES string of the molecule is COc1cccc(C(=O)Nc2ccc3cc(C(=O)O)cnc3c2)c1OCCC(C)C. The molecule has 0 spiro atoms. The zero-order valence-corrected chi connectivity index (χ0v) is 17.1. The van der Waals surface area contributed by atoms with Crippen LogP contribution in [0.4, 0.5) is 5.69 Å². The number of anilines is 1. The van der Waals surface area contributed by atoms with E-state index in [1.165, 1.54) is 13.3 Å². The lowest BCUT2D eigenvalue weighted by molar-refractivity contribution is 0.0696. The van der Waals surface area contributed by atoms with Crippen molar-refractivity contribution in [1.82, 2.24) is 4.98 Å². The molecule has 2 N–H and O–H groups in total. The minimum absolute atomic E-state index is 0.110. The van der Waals surface area contributed by atoms with Crippen LogP contribution in [0.15, 0.2) is 48.7 Å². The molecule has 0 fully saturated rings. The van der Waals surface area contributed by atoms with E-state index in [0.29, 0.717) is 46.2 Å². The maximum atomic E-state index is 12.9. The molecule has 0 unspecified atom stereocenters. The lowest BCUT2D eigenvalue weighted by atomic mass is 10.1. The molecule has 1 aromatic heterocycles. The molecule has 0 radical (unpaired) electrons. The lowest BCUT2D eigenvalue weighted by Gasteiger charge is -2.16. The Morgan fingerprint density at radius 3 is 2.67 bits per heavy atom. The summed E-state index contributed by atoms with van der Waals surface area (Å²) in [7, 11) is 1.53. The maximum absolute atomic E-state index is 12.9. The highest BCUT2D eigenvalue weighted by molar-refractivity contribution is 6.07. The minimum Gasteiger partial charge on any atom is -0.493 e. The van der Waals surface area contributed by atoms with Crippen LogP contribution in [0, 0.1) is 5.92 Å². The molecule has 0 aliphatic heterocycles. The highest BCUT2D eigenvalue weighted by Gasteiger charge is 2.18. The molecule has 3 aromatic rings. The molecule has 1 heterocycles. The second kappa shape index (κ2) is 9.26. The number of amides is 1. The summed E-state index contributed by atoms with van der Waals surface area (Å²) in [6, 6.07) is 11.8. The second-order valence-corrected chi connectivity index (χ2v) is 7.26. The van der Waals surface area contributed by atoms with Gasteiger partial charge in [-0.1, -0.05) is 26.0 Å². The van der Waals surface area contributed by atoms with Crippen LogP contribution in [0.5, 0.6) is 11.5 Å². The van der Waals surface area contributed by atoms with Crippen LogP contribution in [0.25, 0.3) is 10.9 Å². The van der Waals surface area contributed by atoms with Crippen molar-refractivity contribution in [3.8, 4) is 11.5 Å². The number of nitrogens with one attached hydrogen (secondary N) is 1. The second-order valence-electron chi connectivity index (χ2n) is 7.26. The lowest BCUT2D eigenvalue weighted by Crippen LogP contribution is -2.15. The van der Waals surface area contributed by atoms with E-state index < -0.39 is 5.97 Å². The predicted molar refractivity (Wildman–Crippen MR) is 115 cm³/mol. The Kier molecular flexibility index (Phi) is 6.51. The number of carbonyl (C=O) groups excluding carboxylic acids is 1. The first kappa shape index (κ1) is 21.1. The van der Waals surface area contributed by atoms with E-state index in [-0.39, 0.29) is 11.5 Å². The summed E-state index contributed by atoms with van der Waals surface area (Å²) in [4.78, 5) is 28.2. The zero-order valence-electron chi connectivity index (χ0n) is 17.1. The fourth-order valence-electron chi connectivity index (χ4n) is 2.92. The number of fused-ring (bicyclic) bond motifs is 1. The van der Waals surface area contributed by atoms with E-state index >= 15 is 0 Å². The van der Waals surface area contributed by atoms with Gasteiger partial charge in [-0.2, -0.15) is 0 Å². The van der Waals surface area contributed by atoms with Gasteiger partial charge in [-0.3, -0.25) is 9.78 Å². The van der Waals surface area contributed by atoms with Crippen LogP contribution in [-0.2, 0) is 0 Å². The molecule has 0 saturated heterocycles. The molecule has 156 valence electrons. The molecule has 2 aromatic carbocycles. The summed E-state index contributed by atoms with van der Waals surface area (Å²) in [5.74, 6) is -0.000529. The summed E-state index contributed by atoms with van der Waals surface area (Å²) in [5.41, 5.74) is 1.60. The van der Waals surface area contributed by atoms with Gasteiger partial charge in [0, 0.05) is 17.3 Å². The molecule has 7 heteroatoms. The van der Waals surface area contributed by atoms with E-state index in [0.717, 1.165) is 6.42 Å². The molecule has 0 bridgehead atoms. The molecule has 3 rings (SSSR count). The topological polar surface area (TPSA) is 97.8 Å². The quantitative estimate of drug-likeness (QED) is 0.564. The predicted octanol–water partition coefficient (Wildman–Crippen LogP) is 4.62. The van der Waals surface area contributed by atoms with Gasteiger partial charge in [0.05, 0.1) is 30.4 Å². The van der Waals surface area contributed by atoms with Crippen LogP contribution in [0.1, 0.15) is 41.0 Å². The first-order valence-electron chi connectivity index (χ1n) is 9.63. The van der Waals surface area contributed by atoms with Gasteiger partial charge in [-0.15, -0.1) is 0 Å². The van der Waals surface area contributed by atoms with E-state index in [4.69, 9.17) is 14.6 Å². The molecule has 0 aliphatic carbocycles. The largest absolute Gasteiger partial charge is 0.493 e. The number of ether oxygens (including phenoxy) is 2. The van der Waals surface area contributed by atoms with Crippen molar-refractivity contribution in [2.75, 3.05) is 19.0 Å². The van der Waals surface area contributed by atoms with E-state index in [1.54, 1.807) is 42.5 Å². The van der Waals surface area contributed by atoms with Crippen LogP contribution in [-0.4, -0.2) is 35.7 Å². The number of hydrogen-bond acceptors (Lipinski definition) is 5. The number of hydrogen-bond donors (Lipinski definition) is 2. The van der Waals surface area contributed by atoms with Gasteiger partial charge < -0.3 is 19.9 Å². The van der Waals surface area contributed by atoms with E-state index in [1.807, 2.05) is 0 Å². The third-order valence-electron chi connectivity index (χ3n) is 4.57. The molecular weight excluding hydrogens is 384 g/mol. The fourth-order valence-corrected chi connectivity index (χ4v) is 2.92. The summed E-state index contributed by atoms with van der Waals surface area (Å²) in [6.45, 7) is 4.68. The van der Waals surface area contributed by atoms with Crippen molar-refractivity contribution in [2.45, 2.75) is 20.3 Å². The highest BCUT2D eigenvalue weighted by atomic mass is 16.5. The molecule has 1 amide bonds. The third-order valence-corrected chi connectivity index (χ3v) is 4.57. The Morgan fingerprint density at radius 2 is 1.97 bits per heavy atom. The van der Waals surface area contributed by atoms with Crippen LogP contribution in [0.2, 0.25) is 0 Å². The zero-order chi connectivity index (χ0) is 21.7. The normalized spacial score (nSPS) is 10.8. The van der Waals surface area contributed by atoms with Gasteiger partial charge in [-0.05, 0) is 42.7 Å². The summed E-state index contributed by atoms with van der Waals surface area (Å²) < 4.78 is 11.2. The first-order valence-corrected chi connectivity index (χ1v) is 9.63. The Labute approximate surface area is 174 Å².